The highest BCUT2D eigenvalue weighted by Gasteiger charge is 2.42. The number of nitrogens with two attached hydrogens (primary N) is 1. The molecule has 0 radical (unpaired) electrons. The van der Waals surface area contributed by atoms with Crippen LogP contribution < -0.4 is 5.73 Å². The maximum atomic E-state index is 5.84. The number of hydrogen-bond donors (Lipinski definition) is 1. The highest BCUT2D eigenvalue weighted by atomic mass is 32.1. The first kappa shape index (κ1) is 10.9. The number of rotatable bonds is 3. The van der Waals surface area contributed by atoms with Crippen molar-refractivity contribution in [2.24, 2.45) is 5.73 Å². The maximum absolute atomic E-state index is 5.84. The smallest absolute Gasteiger partial charge is 0.0994 e. The average Bonchev–Trinajstić information content (AvgIpc) is 2.97. The number of benzene rings is 1. The third-order valence-electron chi connectivity index (χ3n) is 3.45. The van der Waals surface area contributed by atoms with Crippen LogP contribution in [0.25, 0.3) is 11.3 Å². The monoisotopic (exact) mass is 244 g/mol. The van der Waals surface area contributed by atoms with Gasteiger partial charge in [-0.1, -0.05) is 37.3 Å². The van der Waals surface area contributed by atoms with Gasteiger partial charge in [-0.15, -0.1) is 11.3 Å². The van der Waals surface area contributed by atoms with Crippen LogP contribution >= 0.6 is 11.3 Å². The van der Waals surface area contributed by atoms with Gasteiger partial charge in [0.05, 0.1) is 10.7 Å². The lowest BCUT2D eigenvalue weighted by atomic mass is 10.1. The summed E-state index contributed by atoms with van der Waals surface area (Å²) in [6.07, 6.45) is 2.53. The third-order valence-corrected chi connectivity index (χ3v) is 4.83. The molecule has 88 valence electrons. The molecule has 0 bridgehead atoms. The Bertz CT molecular complexity index is 526. The Morgan fingerprint density at radius 1 is 1.29 bits per heavy atom. The Balaban J connectivity index is 2.07. The molecule has 0 unspecified atom stereocenters. The second-order valence-corrected chi connectivity index (χ2v) is 6.01. The van der Waals surface area contributed by atoms with Crippen molar-refractivity contribution in [3.05, 3.63) is 40.2 Å². The molecule has 1 aliphatic carbocycles. The van der Waals surface area contributed by atoms with E-state index in [1.165, 1.54) is 28.3 Å². The molecule has 17 heavy (non-hydrogen) atoms. The normalized spacial score (nSPS) is 17.1. The zero-order valence-corrected chi connectivity index (χ0v) is 10.8. The fourth-order valence-electron chi connectivity index (χ4n) is 1.97. The zero-order chi connectivity index (χ0) is 11.9. The lowest BCUT2D eigenvalue weighted by molar-refractivity contribution is 0.777. The first-order valence-corrected chi connectivity index (χ1v) is 6.80. The maximum Gasteiger partial charge on any atom is 0.0994 e. The Kier molecular flexibility index (Phi) is 2.53. The van der Waals surface area contributed by atoms with Gasteiger partial charge in [-0.3, -0.25) is 0 Å². The number of thiazole rings is 1. The highest BCUT2D eigenvalue weighted by molar-refractivity contribution is 7.12. The molecule has 0 aliphatic heterocycles. The summed E-state index contributed by atoms with van der Waals surface area (Å²) in [4.78, 5) is 6.03. The molecule has 0 atom stereocenters. The van der Waals surface area contributed by atoms with E-state index in [4.69, 9.17) is 10.7 Å². The van der Waals surface area contributed by atoms with Gasteiger partial charge in [-0.2, -0.15) is 0 Å². The van der Waals surface area contributed by atoms with E-state index in [2.05, 4.69) is 19.1 Å². The van der Waals surface area contributed by atoms with Crippen LogP contribution in [0.5, 0.6) is 0 Å². The van der Waals surface area contributed by atoms with Crippen LogP contribution in [-0.4, -0.2) is 4.98 Å². The molecule has 1 aromatic heterocycles. The summed E-state index contributed by atoms with van der Waals surface area (Å²) in [6, 6.07) is 10.3. The zero-order valence-electron chi connectivity index (χ0n) is 9.94. The van der Waals surface area contributed by atoms with Crippen molar-refractivity contribution < 1.29 is 0 Å². The SMILES string of the molecule is CC1(c2nc(-c3ccccc3)c(CN)s2)CC1. The molecule has 1 fully saturated rings. The standard InChI is InChI=1S/C14H16N2S/c1-14(7-8-14)13-16-12(11(9-15)17-13)10-5-3-2-4-6-10/h2-6H,7-9,15H2,1H3. The quantitative estimate of drug-likeness (QED) is 0.899. The summed E-state index contributed by atoms with van der Waals surface area (Å²) in [7, 11) is 0. The predicted octanol–water partition coefficient (Wildman–Crippen LogP) is 3.32. The first-order valence-electron chi connectivity index (χ1n) is 5.99. The molecule has 1 aromatic carbocycles. The molecular weight excluding hydrogens is 228 g/mol. The molecule has 0 spiro atoms. The van der Waals surface area contributed by atoms with Crippen molar-refractivity contribution in [1.82, 2.24) is 4.98 Å². The summed E-state index contributed by atoms with van der Waals surface area (Å²) in [5.74, 6) is 0. The van der Waals surface area contributed by atoms with Crippen LogP contribution in [0.4, 0.5) is 0 Å². The van der Waals surface area contributed by atoms with Crippen LogP contribution in [0.15, 0.2) is 30.3 Å². The minimum atomic E-state index is 0.335. The van der Waals surface area contributed by atoms with E-state index in [9.17, 15) is 0 Å². The molecule has 1 aliphatic rings. The summed E-state index contributed by atoms with van der Waals surface area (Å²) < 4.78 is 0. The van der Waals surface area contributed by atoms with Gasteiger partial charge in [-0.05, 0) is 12.8 Å². The number of aromatic nitrogens is 1. The fourth-order valence-corrected chi connectivity index (χ4v) is 3.14. The minimum absolute atomic E-state index is 0.335. The Morgan fingerprint density at radius 2 is 2.00 bits per heavy atom. The van der Waals surface area contributed by atoms with Crippen molar-refractivity contribution in [3.8, 4) is 11.3 Å². The summed E-state index contributed by atoms with van der Waals surface area (Å²) in [5, 5.41) is 1.26. The minimum Gasteiger partial charge on any atom is -0.326 e. The summed E-state index contributed by atoms with van der Waals surface area (Å²) >= 11 is 1.79. The van der Waals surface area contributed by atoms with Gasteiger partial charge in [0.2, 0.25) is 0 Å². The van der Waals surface area contributed by atoms with Crippen molar-refractivity contribution >= 4 is 11.3 Å². The van der Waals surface area contributed by atoms with Gasteiger partial charge >= 0.3 is 0 Å². The lowest BCUT2D eigenvalue weighted by Crippen LogP contribution is -1.97. The molecule has 0 saturated heterocycles. The largest absolute Gasteiger partial charge is 0.326 e. The van der Waals surface area contributed by atoms with Gasteiger partial charge in [0.25, 0.3) is 0 Å². The molecule has 2 N–H and O–H groups in total. The van der Waals surface area contributed by atoms with Crippen LogP contribution in [0.2, 0.25) is 0 Å². The van der Waals surface area contributed by atoms with E-state index < -0.39 is 0 Å². The molecule has 3 heteroatoms. The van der Waals surface area contributed by atoms with E-state index >= 15 is 0 Å². The second kappa shape index (κ2) is 3.93. The van der Waals surface area contributed by atoms with Crippen molar-refractivity contribution in [3.63, 3.8) is 0 Å². The number of hydrogen-bond acceptors (Lipinski definition) is 3. The molecule has 2 nitrogen and oxygen atoms in total. The molecule has 2 aromatic rings. The third kappa shape index (κ3) is 1.90. The van der Waals surface area contributed by atoms with Crippen molar-refractivity contribution in [2.45, 2.75) is 31.7 Å². The second-order valence-electron chi connectivity index (χ2n) is 4.92. The van der Waals surface area contributed by atoms with Crippen LogP contribution in [-0.2, 0) is 12.0 Å². The predicted molar refractivity (Wildman–Crippen MR) is 72.0 cm³/mol. The van der Waals surface area contributed by atoms with Gasteiger partial charge in [0, 0.05) is 22.4 Å². The van der Waals surface area contributed by atoms with E-state index in [1.807, 2.05) is 18.2 Å². The lowest BCUT2D eigenvalue weighted by Gasteiger charge is -2.01. The van der Waals surface area contributed by atoms with E-state index in [0.29, 0.717) is 12.0 Å². The Labute approximate surface area is 106 Å². The first-order chi connectivity index (χ1) is 8.23. The molecule has 1 saturated carbocycles. The average molecular weight is 244 g/mol. The van der Waals surface area contributed by atoms with E-state index in [0.717, 1.165) is 5.69 Å². The van der Waals surface area contributed by atoms with Crippen LogP contribution in [0.1, 0.15) is 29.7 Å². The van der Waals surface area contributed by atoms with Gasteiger partial charge in [-0.25, -0.2) is 4.98 Å². The van der Waals surface area contributed by atoms with Gasteiger partial charge in [0.15, 0.2) is 0 Å². The topological polar surface area (TPSA) is 38.9 Å². The molecule has 3 rings (SSSR count). The summed E-state index contributed by atoms with van der Waals surface area (Å²) in [6.45, 7) is 2.87. The Morgan fingerprint density at radius 3 is 2.59 bits per heavy atom. The van der Waals surface area contributed by atoms with Crippen molar-refractivity contribution in [2.75, 3.05) is 0 Å². The van der Waals surface area contributed by atoms with E-state index in [1.54, 1.807) is 11.3 Å². The van der Waals surface area contributed by atoms with Crippen molar-refractivity contribution in [1.29, 1.82) is 0 Å². The fraction of sp³-hybridized carbons (Fsp3) is 0.357. The molecule has 0 amide bonds. The molecule has 1 heterocycles. The number of nitrogens with zero attached hydrogens (tertiary/aromatic N) is 1. The molecular formula is C14H16N2S. The summed E-state index contributed by atoms with van der Waals surface area (Å²) in [5.41, 5.74) is 8.44. The van der Waals surface area contributed by atoms with Gasteiger partial charge in [0.1, 0.15) is 0 Å². The van der Waals surface area contributed by atoms with Crippen LogP contribution in [0.3, 0.4) is 0 Å². The van der Waals surface area contributed by atoms with Gasteiger partial charge < -0.3 is 5.73 Å². The highest BCUT2D eigenvalue weighted by Crippen LogP contribution is 2.50. The van der Waals surface area contributed by atoms with Crippen LogP contribution in [0, 0.1) is 0 Å². The van der Waals surface area contributed by atoms with E-state index in [-0.39, 0.29) is 0 Å². The Hall–Kier alpha value is -1.19.